The Morgan fingerprint density at radius 1 is 1.22 bits per heavy atom. The predicted octanol–water partition coefficient (Wildman–Crippen LogP) is 2.81. The first kappa shape index (κ1) is 12.4. The van der Waals surface area contributed by atoms with Gasteiger partial charge in [0, 0.05) is 18.8 Å². The molecular formula is C14H17N3O. The Hall–Kier alpha value is -2.10. The van der Waals surface area contributed by atoms with E-state index in [2.05, 4.69) is 34.3 Å². The summed E-state index contributed by atoms with van der Waals surface area (Å²) in [5.41, 5.74) is 4.15. The molecule has 4 heteroatoms. The molecule has 1 heterocycles. The number of nitrogens with one attached hydrogen (secondary N) is 1. The van der Waals surface area contributed by atoms with Crippen molar-refractivity contribution < 1.29 is 4.74 Å². The minimum absolute atomic E-state index is 0.605. The molecule has 18 heavy (non-hydrogen) atoms. The van der Waals surface area contributed by atoms with E-state index in [4.69, 9.17) is 4.74 Å². The highest BCUT2D eigenvalue weighted by molar-refractivity contribution is 5.70. The molecule has 0 bridgehead atoms. The number of benzene rings is 1. The molecule has 94 valence electrons. The van der Waals surface area contributed by atoms with E-state index in [9.17, 15) is 0 Å². The molecule has 0 atom stereocenters. The van der Waals surface area contributed by atoms with Gasteiger partial charge in [-0.15, -0.1) is 0 Å². The van der Waals surface area contributed by atoms with Gasteiger partial charge in [-0.05, 0) is 37.1 Å². The Balaban J connectivity index is 2.61. The van der Waals surface area contributed by atoms with Crippen LogP contribution in [0, 0.1) is 13.8 Å². The topological polar surface area (TPSA) is 47.0 Å². The summed E-state index contributed by atoms with van der Waals surface area (Å²) < 4.78 is 5.48. The van der Waals surface area contributed by atoms with Crippen LogP contribution in [0.2, 0.25) is 0 Å². The monoisotopic (exact) mass is 243 g/mol. The lowest BCUT2D eigenvalue weighted by Gasteiger charge is -2.12. The summed E-state index contributed by atoms with van der Waals surface area (Å²) in [6.45, 7) is 4.10. The third-order valence-corrected chi connectivity index (χ3v) is 2.78. The number of aryl methyl sites for hydroxylation is 2. The second kappa shape index (κ2) is 5.04. The van der Waals surface area contributed by atoms with Crippen molar-refractivity contribution in [2.45, 2.75) is 13.8 Å². The van der Waals surface area contributed by atoms with Crippen molar-refractivity contribution in [3.63, 3.8) is 0 Å². The number of aromatic nitrogens is 2. The fourth-order valence-corrected chi connectivity index (χ4v) is 2.04. The van der Waals surface area contributed by atoms with Crippen LogP contribution in [0.15, 0.2) is 24.4 Å². The quantitative estimate of drug-likeness (QED) is 0.900. The van der Waals surface area contributed by atoms with E-state index in [1.807, 2.05) is 13.0 Å². The summed E-state index contributed by atoms with van der Waals surface area (Å²) in [5, 5.41) is 2.94. The van der Waals surface area contributed by atoms with Gasteiger partial charge in [-0.25, -0.2) is 9.97 Å². The first-order valence-electron chi connectivity index (χ1n) is 5.82. The zero-order valence-electron chi connectivity index (χ0n) is 11.1. The molecule has 2 rings (SSSR count). The molecule has 0 spiro atoms. The fourth-order valence-electron chi connectivity index (χ4n) is 2.04. The van der Waals surface area contributed by atoms with Gasteiger partial charge in [0.15, 0.2) is 0 Å². The van der Waals surface area contributed by atoms with Crippen molar-refractivity contribution in [1.29, 1.82) is 0 Å². The van der Waals surface area contributed by atoms with Crippen LogP contribution in [0.5, 0.6) is 5.75 Å². The first-order valence-corrected chi connectivity index (χ1v) is 5.82. The Labute approximate surface area is 107 Å². The highest BCUT2D eigenvalue weighted by Gasteiger charge is 2.11. The van der Waals surface area contributed by atoms with E-state index in [0.29, 0.717) is 5.95 Å². The first-order chi connectivity index (χ1) is 8.65. The van der Waals surface area contributed by atoms with Gasteiger partial charge in [-0.1, -0.05) is 6.07 Å². The van der Waals surface area contributed by atoms with Gasteiger partial charge >= 0.3 is 0 Å². The molecule has 0 unspecified atom stereocenters. The number of ether oxygens (including phenoxy) is 1. The van der Waals surface area contributed by atoms with Crippen LogP contribution in [0.4, 0.5) is 5.95 Å². The maximum Gasteiger partial charge on any atom is 0.222 e. The standard InChI is InChI=1S/C14H17N3O/c1-9-7-10(2)13(18-4)11(8-9)12-5-6-16-14(15-3)17-12/h5-8H,1-4H3,(H,15,16,17). The molecule has 1 aromatic heterocycles. The average molecular weight is 243 g/mol. The molecule has 0 fully saturated rings. The van der Waals surface area contributed by atoms with Gasteiger partial charge in [0.1, 0.15) is 5.75 Å². The van der Waals surface area contributed by atoms with Crippen LogP contribution in [-0.2, 0) is 0 Å². The van der Waals surface area contributed by atoms with Crippen LogP contribution in [0.1, 0.15) is 11.1 Å². The van der Waals surface area contributed by atoms with Crippen molar-refractivity contribution in [3.8, 4) is 17.0 Å². The molecule has 1 aromatic carbocycles. The molecule has 0 aliphatic carbocycles. The van der Waals surface area contributed by atoms with E-state index in [-0.39, 0.29) is 0 Å². The van der Waals surface area contributed by atoms with Crippen molar-refractivity contribution >= 4 is 5.95 Å². The van der Waals surface area contributed by atoms with Crippen molar-refractivity contribution in [1.82, 2.24) is 9.97 Å². The van der Waals surface area contributed by atoms with Crippen LogP contribution < -0.4 is 10.1 Å². The Morgan fingerprint density at radius 2 is 2.00 bits per heavy atom. The molecule has 0 amide bonds. The van der Waals surface area contributed by atoms with Crippen LogP contribution in [0.3, 0.4) is 0 Å². The summed E-state index contributed by atoms with van der Waals surface area (Å²) in [5.74, 6) is 1.47. The zero-order chi connectivity index (χ0) is 13.1. The zero-order valence-corrected chi connectivity index (χ0v) is 11.1. The molecule has 1 N–H and O–H groups in total. The molecule has 0 saturated heterocycles. The summed E-state index contributed by atoms with van der Waals surface area (Å²) in [4.78, 5) is 8.57. The number of methoxy groups -OCH3 is 1. The third kappa shape index (κ3) is 2.27. The average Bonchev–Trinajstić information content (AvgIpc) is 2.38. The van der Waals surface area contributed by atoms with Gasteiger partial charge in [-0.2, -0.15) is 0 Å². The highest BCUT2D eigenvalue weighted by Crippen LogP contribution is 2.33. The van der Waals surface area contributed by atoms with Crippen molar-refractivity contribution in [2.75, 3.05) is 19.5 Å². The van der Waals surface area contributed by atoms with Crippen molar-refractivity contribution in [2.24, 2.45) is 0 Å². The number of hydrogen-bond acceptors (Lipinski definition) is 4. The SMILES string of the molecule is CNc1nccc(-c2cc(C)cc(C)c2OC)n1. The second-order valence-corrected chi connectivity index (χ2v) is 4.18. The lowest BCUT2D eigenvalue weighted by atomic mass is 10.0. The van der Waals surface area contributed by atoms with E-state index in [0.717, 1.165) is 22.6 Å². The summed E-state index contributed by atoms with van der Waals surface area (Å²) in [7, 11) is 3.49. The molecule has 4 nitrogen and oxygen atoms in total. The van der Waals surface area contributed by atoms with Gasteiger partial charge in [-0.3, -0.25) is 0 Å². The molecule has 0 aliphatic rings. The van der Waals surface area contributed by atoms with Gasteiger partial charge < -0.3 is 10.1 Å². The molecular weight excluding hydrogens is 226 g/mol. The second-order valence-electron chi connectivity index (χ2n) is 4.18. The highest BCUT2D eigenvalue weighted by atomic mass is 16.5. The van der Waals surface area contributed by atoms with Gasteiger partial charge in [0.25, 0.3) is 0 Å². The predicted molar refractivity (Wildman–Crippen MR) is 73.0 cm³/mol. The summed E-state index contributed by atoms with van der Waals surface area (Å²) in [6, 6.07) is 6.06. The minimum atomic E-state index is 0.605. The molecule has 0 radical (unpaired) electrons. The minimum Gasteiger partial charge on any atom is -0.496 e. The third-order valence-electron chi connectivity index (χ3n) is 2.78. The number of anilines is 1. The van der Waals surface area contributed by atoms with E-state index < -0.39 is 0 Å². The van der Waals surface area contributed by atoms with E-state index in [1.165, 1.54) is 5.56 Å². The lowest BCUT2D eigenvalue weighted by molar-refractivity contribution is 0.413. The van der Waals surface area contributed by atoms with E-state index >= 15 is 0 Å². The normalized spacial score (nSPS) is 10.2. The van der Waals surface area contributed by atoms with Gasteiger partial charge in [0.2, 0.25) is 5.95 Å². The van der Waals surface area contributed by atoms with Crippen LogP contribution in [0.25, 0.3) is 11.3 Å². The maximum atomic E-state index is 5.48. The number of nitrogens with zero attached hydrogens (tertiary/aromatic N) is 2. The number of rotatable bonds is 3. The fraction of sp³-hybridized carbons (Fsp3) is 0.286. The van der Waals surface area contributed by atoms with Crippen LogP contribution in [-0.4, -0.2) is 24.1 Å². The largest absolute Gasteiger partial charge is 0.496 e. The molecule has 0 aliphatic heterocycles. The maximum absolute atomic E-state index is 5.48. The Bertz CT molecular complexity index is 567. The lowest BCUT2D eigenvalue weighted by Crippen LogP contribution is -1.99. The Kier molecular flexibility index (Phi) is 3.46. The van der Waals surface area contributed by atoms with Crippen LogP contribution >= 0.6 is 0 Å². The molecule has 2 aromatic rings. The summed E-state index contributed by atoms with van der Waals surface area (Å²) >= 11 is 0. The van der Waals surface area contributed by atoms with Crippen molar-refractivity contribution in [3.05, 3.63) is 35.5 Å². The smallest absolute Gasteiger partial charge is 0.222 e. The molecule has 0 saturated carbocycles. The number of hydrogen-bond donors (Lipinski definition) is 1. The Morgan fingerprint density at radius 3 is 2.67 bits per heavy atom. The summed E-state index contributed by atoms with van der Waals surface area (Å²) in [6.07, 6.45) is 1.74. The van der Waals surface area contributed by atoms with Gasteiger partial charge in [0.05, 0.1) is 12.8 Å². The van der Waals surface area contributed by atoms with E-state index in [1.54, 1.807) is 20.4 Å².